The number of hydrogen-bond acceptors (Lipinski definition) is 6. The summed E-state index contributed by atoms with van der Waals surface area (Å²) >= 11 is 5.54. The Hall–Kier alpha value is -3.46. The Labute approximate surface area is 172 Å². The van der Waals surface area contributed by atoms with Crippen LogP contribution in [-0.2, 0) is 9.53 Å². The van der Waals surface area contributed by atoms with Gasteiger partial charge in [0.05, 0.1) is 36.3 Å². The van der Waals surface area contributed by atoms with E-state index in [4.69, 9.17) is 21.7 Å². The van der Waals surface area contributed by atoms with Gasteiger partial charge < -0.3 is 14.8 Å². The van der Waals surface area contributed by atoms with Gasteiger partial charge in [-0.05, 0) is 49.5 Å². The third-order valence-corrected chi connectivity index (χ3v) is 4.97. The molecule has 8 nitrogen and oxygen atoms in total. The first-order valence-electron chi connectivity index (χ1n) is 8.66. The molecule has 0 bridgehead atoms. The Morgan fingerprint density at radius 3 is 2.41 bits per heavy atom. The molecule has 29 heavy (non-hydrogen) atoms. The maximum absolute atomic E-state index is 12.6. The fourth-order valence-corrected chi connectivity index (χ4v) is 3.65. The van der Waals surface area contributed by atoms with E-state index in [9.17, 15) is 14.9 Å². The number of benzene rings is 2. The molecule has 0 aliphatic carbocycles. The zero-order valence-corrected chi connectivity index (χ0v) is 16.9. The maximum atomic E-state index is 12.6. The number of ether oxygens (including phenoxy) is 2. The second kappa shape index (κ2) is 8.27. The Bertz CT molecular complexity index is 1000. The van der Waals surface area contributed by atoms with Crippen LogP contribution >= 0.6 is 12.2 Å². The van der Waals surface area contributed by atoms with E-state index in [1.807, 2.05) is 0 Å². The topological polar surface area (TPSA) is 93.9 Å². The molecule has 0 saturated heterocycles. The molecule has 0 aromatic heterocycles. The lowest BCUT2D eigenvalue weighted by molar-refractivity contribution is -0.385. The average molecular weight is 413 g/mol. The maximum Gasteiger partial charge on any atom is 0.337 e. The summed E-state index contributed by atoms with van der Waals surface area (Å²) in [7, 11) is 2.84. The van der Waals surface area contributed by atoms with Gasteiger partial charge in [0.1, 0.15) is 5.75 Å². The largest absolute Gasteiger partial charge is 0.497 e. The second-order valence-electron chi connectivity index (χ2n) is 6.22. The number of anilines is 1. The van der Waals surface area contributed by atoms with Crippen LogP contribution in [-0.4, -0.2) is 30.2 Å². The molecule has 0 unspecified atom stereocenters. The molecule has 0 fully saturated rings. The standard InChI is InChI=1S/C20H19N3O5S/c1-12-17(19(24)28-3)18(15-6-4-5-7-16(15)23(25)26)21-20(29)22(12)13-8-10-14(27-2)11-9-13/h4-11,18H,1-3H3,(H,21,29)/t18-/m0/s1. The van der Waals surface area contributed by atoms with Crippen LogP contribution in [0, 0.1) is 10.1 Å². The number of nitrogens with one attached hydrogen (secondary N) is 1. The number of thiocarbonyl (C=S) groups is 1. The Balaban J connectivity index is 2.16. The fourth-order valence-electron chi connectivity index (χ4n) is 3.29. The van der Waals surface area contributed by atoms with Crippen molar-refractivity contribution < 1.29 is 19.2 Å². The van der Waals surface area contributed by atoms with Gasteiger partial charge in [-0.25, -0.2) is 4.79 Å². The molecular weight excluding hydrogens is 394 g/mol. The summed E-state index contributed by atoms with van der Waals surface area (Å²) in [5.41, 5.74) is 1.69. The first-order valence-corrected chi connectivity index (χ1v) is 9.07. The first-order chi connectivity index (χ1) is 13.9. The van der Waals surface area contributed by atoms with Crippen molar-refractivity contribution in [3.05, 3.63) is 75.5 Å². The molecule has 2 aromatic carbocycles. The predicted molar refractivity (Wildman–Crippen MR) is 112 cm³/mol. The van der Waals surface area contributed by atoms with E-state index in [2.05, 4.69) is 5.32 Å². The molecule has 2 aromatic rings. The molecule has 1 heterocycles. The van der Waals surface area contributed by atoms with Crippen LogP contribution in [0.5, 0.6) is 5.75 Å². The number of esters is 1. The highest BCUT2D eigenvalue weighted by molar-refractivity contribution is 7.80. The summed E-state index contributed by atoms with van der Waals surface area (Å²) in [6, 6.07) is 12.6. The third-order valence-electron chi connectivity index (χ3n) is 4.67. The zero-order valence-electron chi connectivity index (χ0n) is 16.0. The Morgan fingerprint density at radius 1 is 1.17 bits per heavy atom. The molecule has 0 amide bonds. The Kier molecular flexibility index (Phi) is 5.79. The minimum Gasteiger partial charge on any atom is -0.497 e. The molecular formula is C20H19N3O5S. The zero-order chi connectivity index (χ0) is 21.1. The van der Waals surface area contributed by atoms with E-state index in [1.54, 1.807) is 61.4 Å². The van der Waals surface area contributed by atoms with Crippen LogP contribution < -0.4 is 15.0 Å². The van der Waals surface area contributed by atoms with Gasteiger partial charge in [-0.3, -0.25) is 15.0 Å². The summed E-state index contributed by atoms with van der Waals surface area (Å²) in [5, 5.41) is 14.9. The fraction of sp³-hybridized carbons (Fsp3) is 0.200. The van der Waals surface area contributed by atoms with Gasteiger partial charge >= 0.3 is 5.97 Å². The number of hydrogen-bond donors (Lipinski definition) is 1. The Morgan fingerprint density at radius 2 is 1.83 bits per heavy atom. The number of rotatable bonds is 5. The molecule has 150 valence electrons. The lowest BCUT2D eigenvalue weighted by Gasteiger charge is -2.37. The molecule has 0 saturated carbocycles. The number of para-hydroxylation sites is 1. The van der Waals surface area contributed by atoms with E-state index in [1.165, 1.54) is 13.2 Å². The van der Waals surface area contributed by atoms with E-state index in [0.29, 0.717) is 27.8 Å². The molecule has 1 aliphatic heterocycles. The number of nitrogens with zero attached hydrogens (tertiary/aromatic N) is 2. The van der Waals surface area contributed by atoms with E-state index >= 15 is 0 Å². The summed E-state index contributed by atoms with van der Waals surface area (Å²) in [5.74, 6) is 0.0800. The minimum absolute atomic E-state index is 0.111. The van der Waals surface area contributed by atoms with Crippen LogP contribution in [0.25, 0.3) is 0 Å². The van der Waals surface area contributed by atoms with Crippen LogP contribution in [0.4, 0.5) is 11.4 Å². The van der Waals surface area contributed by atoms with E-state index < -0.39 is 16.9 Å². The second-order valence-corrected chi connectivity index (χ2v) is 6.61. The van der Waals surface area contributed by atoms with Crippen LogP contribution in [0.2, 0.25) is 0 Å². The lowest BCUT2D eigenvalue weighted by Crippen LogP contribution is -2.48. The molecule has 1 atom stereocenters. The highest BCUT2D eigenvalue weighted by atomic mass is 32.1. The van der Waals surface area contributed by atoms with Crippen molar-refractivity contribution in [1.82, 2.24) is 5.32 Å². The molecule has 3 rings (SSSR count). The van der Waals surface area contributed by atoms with Crippen LogP contribution in [0.15, 0.2) is 59.8 Å². The smallest absolute Gasteiger partial charge is 0.337 e. The SMILES string of the molecule is COC(=O)C1=C(C)N(c2ccc(OC)cc2)C(=S)N[C@H]1c1ccccc1[N+](=O)[O-]. The number of carbonyl (C=O) groups is 1. The van der Waals surface area contributed by atoms with Gasteiger partial charge in [-0.1, -0.05) is 12.1 Å². The molecule has 0 radical (unpaired) electrons. The van der Waals surface area contributed by atoms with Gasteiger partial charge in [-0.2, -0.15) is 0 Å². The summed E-state index contributed by atoms with van der Waals surface area (Å²) in [4.78, 5) is 25.4. The van der Waals surface area contributed by atoms with Crippen LogP contribution in [0.3, 0.4) is 0 Å². The average Bonchev–Trinajstić information content (AvgIpc) is 2.73. The van der Waals surface area contributed by atoms with Gasteiger partial charge in [0.15, 0.2) is 5.11 Å². The summed E-state index contributed by atoms with van der Waals surface area (Å²) in [6.45, 7) is 1.73. The van der Waals surface area contributed by atoms with E-state index in [-0.39, 0.29) is 11.3 Å². The van der Waals surface area contributed by atoms with Gasteiger partial charge in [0, 0.05) is 17.5 Å². The van der Waals surface area contributed by atoms with Gasteiger partial charge in [0.25, 0.3) is 5.69 Å². The third kappa shape index (κ3) is 3.77. The van der Waals surface area contributed by atoms with Crippen molar-refractivity contribution in [1.29, 1.82) is 0 Å². The number of carbonyl (C=O) groups excluding carboxylic acids is 1. The minimum atomic E-state index is -0.814. The quantitative estimate of drug-likeness (QED) is 0.345. The number of allylic oxidation sites excluding steroid dienone is 1. The monoisotopic (exact) mass is 413 g/mol. The van der Waals surface area contributed by atoms with Crippen molar-refractivity contribution >= 4 is 34.7 Å². The van der Waals surface area contributed by atoms with Gasteiger partial charge in [0.2, 0.25) is 0 Å². The molecule has 9 heteroatoms. The number of nitro benzene ring substituents is 1. The first kappa shape index (κ1) is 20.3. The molecule has 1 N–H and O–H groups in total. The van der Waals surface area contributed by atoms with Crippen molar-refractivity contribution in [2.24, 2.45) is 0 Å². The highest BCUT2D eigenvalue weighted by Crippen LogP contribution is 2.37. The van der Waals surface area contributed by atoms with Crippen LogP contribution in [0.1, 0.15) is 18.5 Å². The molecule has 1 aliphatic rings. The van der Waals surface area contributed by atoms with Gasteiger partial charge in [-0.15, -0.1) is 0 Å². The van der Waals surface area contributed by atoms with Crippen molar-refractivity contribution in [2.75, 3.05) is 19.1 Å². The highest BCUT2D eigenvalue weighted by Gasteiger charge is 2.38. The summed E-state index contributed by atoms with van der Waals surface area (Å²) < 4.78 is 10.2. The van der Waals surface area contributed by atoms with Crippen molar-refractivity contribution in [3.8, 4) is 5.75 Å². The van der Waals surface area contributed by atoms with E-state index in [0.717, 1.165) is 0 Å². The molecule has 0 spiro atoms. The van der Waals surface area contributed by atoms with Crippen molar-refractivity contribution in [3.63, 3.8) is 0 Å². The number of nitro groups is 1. The lowest BCUT2D eigenvalue weighted by atomic mass is 9.93. The normalized spacial score (nSPS) is 16.3. The summed E-state index contributed by atoms with van der Waals surface area (Å²) in [6.07, 6.45) is 0. The predicted octanol–water partition coefficient (Wildman–Crippen LogP) is 3.49. The van der Waals surface area contributed by atoms with Crippen molar-refractivity contribution in [2.45, 2.75) is 13.0 Å². The number of methoxy groups -OCH3 is 2.